The minimum Gasteiger partial charge on any atom is -0.352 e. The lowest BCUT2D eigenvalue weighted by atomic mass is 10.1. The summed E-state index contributed by atoms with van der Waals surface area (Å²) in [5.74, 6) is -0.161. The number of hydrogen-bond acceptors (Lipinski definition) is 2. The summed E-state index contributed by atoms with van der Waals surface area (Å²) in [6.45, 7) is 7.87. The van der Waals surface area contributed by atoms with Gasteiger partial charge in [-0.2, -0.15) is 0 Å². The van der Waals surface area contributed by atoms with Gasteiger partial charge in [0.05, 0.1) is 0 Å². The first kappa shape index (κ1) is 15.2. The molecule has 1 aromatic rings. The Hall–Kier alpha value is -1.84. The van der Waals surface area contributed by atoms with Crippen LogP contribution in [0.3, 0.4) is 0 Å². The van der Waals surface area contributed by atoms with Crippen LogP contribution in [0.5, 0.6) is 0 Å². The molecule has 1 rings (SSSR count). The van der Waals surface area contributed by atoms with E-state index in [-0.39, 0.29) is 11.8 Å². The fourth-order valence-electron chi connectivity index (χ4n) is 1.83. The second kappa shape index (κ2) is 7.56. The van der Waals surface area contributed by atoms with Gasteiger partial charge >= 0.3 is 0 Å². The molecule has 2 amide bonds. The SMILES string of the molecule is CCCNC(=O)c1cccc(C(=O)N(CC)CC)c1. The van der Waals surface area contributed by atoms with E-state index < -0.39 is 0 Å². The van der Waals surface area contributed by atoms with E-state index in [4.69, 9.17) is 0 Å². The van der Waals surface area contributed by atoms with Crippen molar-refractivity contribution in [1.29, 1.82) is 0 Å². The fraction of sp³-hybridized carbons (Fsp3) is 0.467. The minimum absolute atomic E-state index is 0.0323. The summed E-state index contributed by atoms with van der Waals surface area (Å²) < 4.78 is 0. The quantitative estimate of drug-likeness (QED) is 0.855. The van der Waals surface area contributed by atoms with Crippen molar-refractivity contribution in [3.63, 3.8) is 0 Å². The molecule has 0 radical (unpaired) electrons. The van der Waals surface area contributed by atoms with E-state index in [1.165, 1.54) is 0 Å². The molecule has 4 nitrogen and oxygen atoms in total. The molecule has 0 bridgehead atoms. The third-order valence-electron chi connectivity index (χ3n) is 2.96. The minimum atomic E-state index is -0.129. The number of benzene rings is 1. The van der Waals surface area contributed by atoms with E-state index in [2.05, 4.69) is 5.32 Å². The molecule has 0 aliphatic rings. The molecule has 104 valence electrons. The molecule has 1 N–H and O–H groups in total. The molecule has 0 aliphatic carbocycles. The molecule has 1 aromatic carbocycles. The van der Waals surface area contributed by atoms with Crippen LogP contribution in [0.1, 0.15) is 47.9 Å². The maximum absolute atomic E-state index is 12.2. The molecular formula is C15H22N2O2. The van der Waals surface area contributed by atoms with Gasteiger partial charge in [-0.25, -0.2) is 0 Å². The van der Waals surface area contributed by atoms with Crippen LogP contribution in [-0.4, -0.2) is 36.3 Å². The zero-order chi connectivity index (χ0) is 14.3. The first-order chi connectivity index (χ1) is 9.13. The van der Waals surface area contributed by atoms with E-state index in [1.54, 1.807) is 29.2 Å². The Labute approximate surface area is 114 Å². The van der Waals surface area contributed by atoms with Crippen LogP contribution in [0.4, 0.5) is 0 Å². The van der Waals surface area contributed by atoms with Gasteiger partial charge in [-0.15, -0.1) is 0 Å². The van der Waals surface area contributed by atoms with Crippen molar-refractivity contribution in [2.75, 3.05) is 19.6 Å². The second-order valence-electron chi connectivity index (χ2n) is 4.31. The van der Waals surface area contributed by atoms with Crippen LogP contribution >= 0.6 is 0 Å². The van der Waals surface area contributed by atoms with E-state index in [9.17, 15) is 9.59 Å². The molecule has 0 saturated heterocycles. The van der Waals surface area contributed by atoms with E-state index in [0.29, 0.717) is 30.8 Å². The van der Waals surface area contributed by atoms with Gasteiger partial charge in [0, 0.05) is 30.8 Å². The van der Waals surface area contributed by atoms with Crippen molar-refractivity contribution < 1.29 is 9.59 Å². The van der Waals surface area contributed by atoms with Crippen LogP contribution in [0, 0.1) is 0 Å². The number of amides is 2. The van der Waals surface area contributed by atoms with Crippen LogP contribution < -0.4 is 5.32 Å². The van der Waals surface area contributed by atoms with Crippen LogP contribution in [0.25, 0.3) is 0 Å². The maximum atomic E-state index is 12.2. The first-order valence-electron chi connectivity index (χ1n) is 6.81. The topological polar surface area (TPSA) is 49.4 Å². The smallest absolute Gasteiger partial charge is 0.253 e. The average Bonchev–Trinajstić information content (AvgIpc) is 2.46. The Bertz CT molecular complexity index is 440. The molecule has 19 heavy (non-hydrogen) atoms. The lowest BCUT2D eigenvalue weighted by Crippen LogP contribution is -2.31. The summed E-state index contributed by atoms with van der Waals surface area (Å²) in [6, 6.07) is 6.88. The summed E-state index contributed by atoms with van der Waals surface area (Å²) >= 11 is 0. The molecule has 0 fully saturated rings. The monoisotopic (exact) mass is 262 g/mol. The van der Waals surface area contributed by atoms with Crippen LogP contribution in [-0.2, 0) is 0 Å². The Kier molecular flexibility index (Phi) is 6.06. The molecular weight excluding hydrogens is 240 g/mol. The summed E-state index contributed by atoms with van der Waals surface area (Å²) in [5.41, 5.74) is 1.10. The van der Waals surface area contributed by atoms with Gasteiger partial charge in [-0.3, -0.25) is 9.59 Å². The Morgan fingerprint density at radius 2 is 1.74 bits per heavy atom. The largest absolute Gasteiger partial charge is 0.352 e. The summed E-state index contributed by atoms with van der Waals surface area (Å²) in [4.78, 5) is 25.8. The third-order valence-corrected chi connectivity index (χ3v) is 2.96. The molecule has 0 aromatic heterocycles. The van der Waals surface area contributed by atoms with Gasteiger partial charge in [-0.05, 0) is 38.5 Å². The standard InChI is InChI=1S/C15H22N2O2/c1-4-10-16-14(18)12-8-7-9-13(11-12)15(19)17(5-2)6-3/h7-9,11H,4-6,10H2,1-3H3,(H,16,18). The highest BCUT2D eigenvalue weighted by molar-refractivity contribution is 5.99. The summed E-state index contributed by atoms with van der Waals surface area (Å²) in [7, 11) is 0. The fourth-order valence-corrected chi connectivity index (χ4v) is 1.83. The summed E-state index contributed by atoms with van der Waals surface area (Å²) in [6.07, 6.45) is 0.893. The number of carbonyl (C=O) groups excluding carboxylic acids is 2. The maximum Gasteiger partial charge on any atom is 0.253 e. The van der Waals surface area contributed by atoms with Gasteiger partial charge in [0.15, 0.2) is 0 Å². The predicted molar refractivity (Wildman–Crippen MR) is 76.3 cm³/mol. The average molecular weight is 262 g/mol. The highest BCUT2D eigenvalue weighted by atomic mass is 16.2. The second-order valence-corrected chi connectivity index (χ2v) is 4.31. The van der Waals surface area contributed by atoms with E-state index in [0.717, 1.165) is 6.42 Å². The Balaban J connectivity index is 2.87. The number of hydrogen-bond donors (Lipinski definition) is 1. The third kappa shape index (κ3) is 4.09. The zero-order valence-corrected chi connectivity index (χ0v) is 11.9. The lowest BCUT2D eigenvalue weighted by molar-refractivity contribution is 0.0773. The molecule has 0 atom stereocenters. The normalized spacial score (nSPS) is 10.1. The molecule has 0 unspecified atom stereocenters. The number of nitrogens with zero attached hydrogens (tertiary/aromatic N) is 1. The number of carbonyl (C=O) groups is 2. The van der Waals surface area contributed by atoms with Gasteiger partial charge in [0.2, 0.25) is 0 Å². The van der Waals surface area contributed by atoms with Gasteiger partial charge < -0.3 is 10.2 Å². The summed E-state index contributed by atoms with van der Waals surface area (Å²) in [5, 5.41) is 2.81. The zero-order valence-electron chi connectivity index (χ0n) is 11.9. The molecule has 0 aliphatic heterocycles. The van der Waals surface area contributed by atoms with Crippen molar-refractivity contribution >= 4 is 11.8 Å². The molecule has 4 heteroatoms. The van der Waals surface area contributed by atoms with Crippen molar-refractivity contribution in [1.82, 2.24) is 10.2 Å². The number of rotatable bonds is 6. The van der Waals surface area contributed by atoms with Gasteiger partial charge in [0.25, 0.3) is 11.8 Å². The van der Waals surface area contributed by atoms with Crippen molar-refractivity contribution in [2.24, 2.45) is 0 Å². The van der Waals surface area contributed by atoms with Gasteiger partial charge in [-0.1, -0.05) is 13.0 Å². The van der Waals surface area contributed by atoms with Crippen molar-refractivity contribution in [3.05, 3.63) is 35.4 Å². The lowest BCUT2D eigenvalue weighted by Gasteiger charge is -2.18. The molecule has 0 heterocycles. The van der Waals surface area contributed by atoms with Crippen molar-refractivity contribution in [2.45, 2.75) is 27.2 Å². The predicted octanol–water partition coefficient (Wildman–Crippen LogP) is 2.31. The van der Waals surface area contributed by atoms with E-state index >= 15 is 0 Å². The van der Waals surface area contributed by atoms with Gasteiger partial charge in [0.1, 0.15) is 0 Å². The molecule has 0 spiro atoms. The highest BCUT2D eigenvalue weighted by Crippen LogP contribution is 2.09. The van der Waals surface area contributed by atoms with Crippen LogP contribution in [0.2, 0.25) is 0 Å². The highest BCUT2D eigenvalue weighted by Gasteiger charge is 2.14. The number of nitrogens with one attached hydrogen (secondary N) is 1. The van der Waals surface area contributed by atoms with Crippen LogP contribution in [0.15, 0.2) is 24.3 Å². The van der Waals surface area contributed by atoms with Crippen molar-refractivity contribution in [3.8, 4) is 0 Å². The van der Waals surface area contributed by atoms with E-state index in [1.807, 2.05) is 20.8 Å². The Morgan fingerprint density at radius 3 is 2.32 bits per heavy atom. The molecule has 0 saturated carbocycles. The first-order valence-corrected chi connectivity index (χ1v) is 6.81. The Morgan fingerprint density at radius 1 is 1.11 bits per heavy atom.